The number of rotatable bonds is 5. The standard InChI is InChI=1S/C10H10N2O3S.C8H9NO3S/c1-14-8-4-7(12)9(16-5-11)3-6(8)10(13)15-2;1-12-6-3-5(9)7(13)2-4(6)8(10)11/h3-4H,12H2,1-2H3;2-3,13H,9H2,1H3,(H,10,11). The third-order valence-corrected chi connectivity index (χ3v) is 4.52. The van der Waals surface area contributed by atoms with Crippen molar-refractivity contribution in [2.75, 3.05) is 32.8 Å². The van der Waals surface area contributed by atoms with Crippen LogP contribution in [0.2, 0.25) is 0 Å². The number of hydrogen-bond donors (Lipinski definition) is 4. The fourth-order valence-electron chi connectivity index (χ4n) is 2.07. The highest BCUT2D eigenvalue weighted by molar-refractivity contribution is 8.03. The lowest BCUT2D eigenvalue weighted by Crippen LogP contribution is -2.05. The molecule has 2 rings (SSSR count). The Morgan fingerprint density at radius 2 is 1.59 bits per heavy atom. The van der Waals surface area contributed by atoms with Gasteiger partial charge in [-0.3, -0.25) is 0 Å². The summed E-state index contributed by atoms with van der Waals surface area (Å²) >= 11 is 4.88. The van der Waals surface area contributed by atoms with Crippen molar-refractivity contribution in [2.45, 2.75) is 9.79 Å². The molecule has 11 heteroatoms. The van der Waals surface area contributed by atoms with E-state index in [1.807, 2.05) is 5.40 Å². The molecule has 0 aromatic heterocycles. The highest BCUT2D eigenvalue weighted by Gasteiger charge is 2.16. The van der Waals surface area contributed by atoms with Crippen LogP contribution in [0.3, 0.4) is 0 Å². The fraction of sp³-hybridized carbons (Fsp3) is 0.167. The predicted octanol–water partition coefficient (Wildman–Crippen LogP) is 2.90. The minimum atomic E-state index is -1.06. The molecule has 0 spiro atoms. The Labute approximate surface area is 176 Å². The van der Waals surface area contributed by atoms with Crippen LogP contribution in [0, 0.1) is 10.7 Å². The number of carbonyl (C=O) groups excluding carboxylic acids is 1. The van der Waals surface area contributed by atoms with Gasteiger partial charge >= 0.3 is 11.9 Å². The van der Waals surface area contributed by atoms with E-state index < -0.39 is 11.9 Å². The summed E-state index contributed by atoms with van der Waals surface area (Å²) in [6, 6.07) is 5.77. The summed E-state index contributed by atoms with van der Waals surface area (Å²) in [4.78, 5) is 23.0. The molecule has 9 nitrogen and oxygen atoms in total. The highest BCUT2D eigenvalue weighted by atomic mass is 32.2. The topological polar surface area (TPSA) is 158 Å². The van der Waals surface area contributed by atoms with Crippen molar-refractivity contribution in [1.29, 1.82) is 5.26 Å². The molecule has 0 heterocycles. The molecule has 0 aliphatic heterocycles. The third-order valence-electron chi connectivity index (χ3n) is 3.47. The molecule has 0 aliphatic rings. The van der Waals surface area contributed by atoms with E-state index in [1.165, 1.54) is 45.6 Å². The van der Waals surface area contributed by atoms with Crippen LogP contribution in [0.1, 0.15) is 20.7 Å². The van der Waals surface area contributed by atoms with Crippen LogP contribution in [0.25, 0.3) is 0 Å². The average molecular weight is 437 g/mol. The van der Waals surface area contributed by atoms with Crippen LogP contribution in [-0.2, 0) is 4.74 Å². The Morgan fingerprint density at radius 1 is 1.03 bits per heavy atom. The number of nitrogen functional groups attached to an aromatic ring is 2. The van der Waals surface area contributed by atoms with Crippen LogP contribution in [0.5, 0.6) is 11.5 Å². The number of thiocyanates is 1. The Kier molecular flexibility index (Phi) is 8.98. The Morgan fingerprint density at radius 3 is 2.07 bits per heavy atom. The van der Waals surface area contributed by atoms with Crippen LogP contribution >= 0.6 is 24.4 Å². The van der Waals surface area contributed by atoms with E-state index in [0.717, 1.165) is 11.8 Å². The number of thiol groups is 1. The van der Waals surface area contributed by atoms with E-state index in [-0.39, 0.29) is 16.9 Å². The molecule has 0 atom stereocenters. The number of nitrogens with two attached hydrogens (primary N) is 2. The first-order chi connectivity index (χ1) is 13.7. The van der Waals surface area contributed by atoms with E-state index in [9.17, 15) is 9.59 Å². The molecule has 154 valence electrons. The molecule has 2 aromatic carbocycles. The number of anilines is 2. The minimum absolute atomic E-state index is 0.0571. The zero-order valence-corrected chi connectivity index (χ0v) is 17.5. The number of nitrogens with zero attached hydrogens (tertiary/aromatic N) is 1. The maximum absolute atomic E-state index is 11.4. The smallest absolute Gasteiger partial charge is 0.341 e. The van der Waals surface area contributed by atoms with Crippen LogP contribution in [0.4, 0.5) is 11.4 Å². The molecule has 0 saturated heterocycles. The number of carboxylic acid groups (broad SMARTS) is 1. The van der Waals surface area contributed by atoms with Crippen molar-refractivity contribution in [3.63, 3.8) is 0 Å². The van der Waals surface area contributed by atoms with E-state index >= 15 is 0 Å². The molecule has 0 aliphatic carbocycles. The van der Waals surface area contributed by atoms with E-state index in [1.54, 1.807) is 0 Å². The Balaban J connectivity index is 0.000000296. The number of benzene rings is 2. The fourth-order valence-corrected chi connectivity index (χ4v) is 2.72. The van der Waals surface area contributed by atoms with Crippen LogP contribution in [-0.4, -0.2) is 38.4 Å². The molecular formula is C18H19N3O6S2. The van der Waals surface area contributed by atoms with Crippen molar-refractivity contribution in [3.8, 4) is 16.9 Å². The number of esters is 1. The second-order valence-electron chi connectivity index (χ2n) is 5.19. The van der Waals surface area contributed by atoms with Crippen molar-refractivity contribution in [3.05, 3.63) is 35.4 Å². The summed E-state index contributed by atoms with van der Waals surface area (Å²) in [6.07, 6.45) is 0. The van der Waals surface area contributed by atoms with E-state index in [2.05, 4.69) is 17.4 Å². The summed E-state index contributed by atoms with van der Waals surface area (Å²) < 4.78 is 14.5. The molecule has 5 N–H and O–H groups in total. The molecule has 0 saturated carbocycles. The van der Waals surface area contributed by atoms with Crippen molar-refractivity contribution >= 4 is 47.7 Å². The van der Waals surface area contributed by atoms with Gasteiger partial charge in [0.15, 0.2) is 0 Å². The molecule has 2 aromatic rings. The first kappa shape index (κ1) is 23.8. The zero-order chi connectivity index (χ0) is 22.1. The quantitative estimate of drug-likeness (QED) is 0.180. The third kappa shape index (κ3) is 6.13. The SMILES string of the molecule is COC(=O)c1cc(SC#N)c(N)cc1OC.COc1cc(N)c(S)cc1C(=O)O. The second-order valence-corrected chi connectivity index (χ2v) is 6.50. The van der Waals surface area contributed by atoms with Gasteiger partial charge < -0.3 is 30.8 Å². The van der Waals surface area contributed by atoms with Crippen molar-refractivity contribution in [2.24, 2.45) is 0 Å². The molecule has 0 unspecified atom stereocenters. The summed E-state index contributed by atoms with van der Waals surface area (Å²) in [5, 5.41) is 19.2. The number of methoxy groups -OCH3 is 3. The molecular weight excluding hydrogens is 418 g/mol. The number of carboxylic acids is 1. The maximum atomic E-state index is 11.4. The second kappa shape index (κ2) is 10.9. The summed E-state index contributed by atoms with van der Waals surface area (Å²) in [6.45, 7) is 0. The zero-order valence-electron chi connectivity index (χ0n) is 15.8. The Hall–Kier alpha value is -3.23. The van der Waals surface area contributed by atoms with Gasteiger partial charge in [-0.1, -0.05) is 0 Å². The lowest BCUT2D eigenvalue weighted by Gasteiger charge is -2.09. The highest BCUT2D eigenvalue weighted by Crippen LogP contribution is 2.32. The summed E-state index contributed by atoms with van der Waals surface area (Å²) in [7, 11) is 4.09. The van der Waals surface area contributed by atoms with E-state index in [0.29, 0.717) is 26.9 Å². The molecule has 29 heavy (non-hydrogen) atoms. The molecule has 0 amide bonds. The number of hydrogen-bond acceptors (Lipinski definition) is 10. The van der Waals surface area contributed by atoms with Gasteiger partial charge in [-0.2, -0.15) is 5.26 Å². The minimum Gasteiger partial charge on any atom is -0.496 e. The lowest BCUT2D eigenvalue weighted by atomic mass is 10.2. The lowest BCUT2D eigenvalue weighted by molar-refractivity contribution is 0.0596. The van der Waals surface area contributed by atoms with Gasteiger partial charge in [-0.15, -0.1) is 12.6 Å². The van der Waals surface area contributed by atoms with Gasteiger partial charge in [-0.05, 0) is 23.9 Å². The normalized spacial score (nSPS) is 9.48. The van der Waals surface area contributed by atoms with Gasteiger partial charge in [0.05, 0.1) is 27.0 Å². The first-order valence-electron chi connectivity index (χ1n) is 7.71. The number of aromatic carboxylic acids is 1. The predicted molar refractivity (Wildman–Crippen MR) is 112 cm³/mol. The van der Waals surface area contributed by atoms with Gasteiger partial charge in [-0.25, -0.2) is 9.59 Å². The first-order valence-corrected chi connectivity index (χ1v) is 8.97. The van der Waals surface area contributed by atoms with E-state index in [4.69, 9.17) is 31.3 Å². The van der Waals surface area contributed by atoms with Crippen molar-refractivity contribution in [1.82, 2.24) is 0 Å². The number of nitriles is 1. The largest absolute Gasteiger partial charge is 0.496 e. The number of ether oxygens (including phenoxy) is 3. The average Bonchev–Trinajstić information content (AvgIpc) is 2.70. The number of thioether (sulfide) groups is 1. The van der Waals surface area contributed by atoms with Crippen LogP contribution < -0.4 is 20.9 Å². The molecule has 0 radical (unpaired) electrons. The van der Waals surface area contributed by atoms with Crippen LogP contribution in [0.15, 0.2) is 34.1 Å². The van der Waals surface area contributed by atoms with Gasteiger partial charge in [0.2, 0.25) is 0 Å². The summed E-state index contributed by atoms with van der Waals surface area (Å²) in [5.74, 6) is -1.03. The van der Waals surface area contributed by atoms with Gasteiger partial charge in [0.1, 0.15) is 28.0 Å². The number of carbonyl (C=O) groups is 2. The Bertz CT molecular complexity index is 960. The summed E-state index contributed by atoms with van der Waals surface area (Å²) in [5.41, 5.74) is 12.3. The monoisotopic (exact) mass is 437 g/mol. The maximum Gasteiger partial charge on any atom is 0.341 e. The van der Waals surface area contributed by atoms with Gasteiger partial charge in [0.25, 0.3) is 0 Å². The molecule has 0 bridgehead atoms. The van der Waals surface area contributed by atoms with Crippen molar-refractivity contribution < 1.29 is 28.9 Å². The molecule has 0 fully saturated rings. The van der Waals surface area contributed by atoms with Gasteiger partial charge in [0, 0.05) is 27.6 Å².